The first kappa shape index (κ1) is 18.8. The first-order valence-corrected chi connectivity index (χ1v) is 11.5. The summed E-state index contributed by atoms with van der Waals surface area (Å²) in [5, 5.41) is 0. The van der Waals surface area contributed by atoms with Gasteiger partial charge >= 0.3 is 0 Å². The van der Waals surface area contributed by atoms with Crippen LogP contribution in [-0.2, 0) is 51.4 Å². The van der Waals surface area contributed by atoms with Crippen LogP contribution in [0.2, 0.25) is 0 Å². The molecule has 4 aliphatic rings. The van der Waals surface area contributed by atoms with Gasteiger partial charge in [0.2, 0.25) is 0 Å². The number of aldehydes is 1. The quantitative estimate of drug-likeness (QED) is 0.515. The summed E-state index contributed by atoms with van der Waals surface area (Å²) in [7, 11) is 0. The topological polar surface area (TPSA) is 34.1 Å². The number of rotatable bonds is 2. The van der Waals surface area contributed by atoms with Crippen molar-refractivity contribution in [3.8, 4) is 0 Å². The lowest BCUT2D eigenvalue weighted by molar-refractivity contribution is 0.101. The Labute approximate surface area is 173 Å². The van der Waals surface area contributed by atoms with E-state index in [9.17, 15) is 9.59 Å². The molecule has 2 nitrogen and oxygen atoms in total. The molecule has 0 fully saturated rings. The first-order valence-electron chi connectivity index (χ1n) is 11.5. The van der Waals surface area contributed by atoms with Gasteiger partial charge in [0.1, 0.15) is 0 Å². The zero-order valence-corrected chi connectivity index (χ0v) is 17.5. The van der Waals surface area contributed by atoms with Crippen LogP contribution in [0.5, 0.6) is 0 Å². The molecule has 8 bridgehead atoms. The smallest absolute Gasteiger partial charge is 0.160 e. The van der Waals surface area contributed by atoms with Gasteiger partial charge in [0, 0.05) is 11.1 Å². The summed E-state index contributed by atoms with van der Waals surface area (Å²) in [6.45, 7) is 1.75. The molecule has 2 aromatic carbocycles. The fourth-order valence-electron chi connectivity index (χ4n) is 6.28. The molecule has 0 saturated carbocycles. The Bertz CT molecular complexity index is 1010. The van der Waals surface area contributed by atoms with Gasteiger partial charge in [-0.15, -0.1) is 0 Å². The first-order chi connectivity index (χ1) is 14.2. The van der Waals surface area contributed by atoms with Crippen LogP contribution in [0, 0.1) is 0 Å². The van der Waals surface area contributed by atoms with Crippen molar-refractivity contribution in [2.24, 2.45) is 0 Å². The van der Waals surface area contributed by atoms with E-state index in [2.05, 4.69) is 12.1 Å². The van der Waals surface area contributed by atoms with Crippen molar-refractivity contribution in [3.05, 3.63) is 67.8 Å². The molecule has 0 aromatic heterocycles. The highest BCUT2D eigenvalue weighted by atomic mass is 16.1. The van der Waals surface area contributed by atoms with Gasteiger partial charge < -0.3 is 0 Å². The molecule has 0 aliphatic heterocycles. The molecule has 0 saturated heterocycles. The fourth-order valence-corrected chi connectivity index (χ4v) is 6.28. The predicted molar refractivity (Wildman–Crippen MR) is 116 cm³/mol. The number of ketones is 1. The van der Waals surface area contributed by atoms with Crippen LogP contribution in [-0.4, -0.2) is 12.1 Å². The van der Waals surface area contributed by atoms with Gasteiger partial charge in [-0.3, -0.25) is 9.59 Å². The van der Waals surface area contributed by atoms with Crippen LogP contribution in [0.4, 0.5) is 0 Å². The molecule has 0 spiro atoms. The summed E-state index contributed by atoms with van der Waals surface area (Å²) in [6.07, 6.45) is 13.5. The molecular formula is C27H30O2. The van der Waals surface area contributed by atoms with Gasteiger partial charge in [0.05, 0.1) is 0 Å². The zero-order valence-electron chi connectivity index (χ0n) is 17.5. The third-order valence-electron chi connectivity index (χ3n) is 7.46. The average molecular weight is 387 g/mol. The van der Waals surface area contributed by atoms with E-state index in [1.807, 2.05) is 0 Å². The largest absolute Gasteiger partial charge is 0.298 e. The lowest BCUT2D eigenvalue weighted by Gasteiger charge is -2.28. The number of hydrogen-bond acceptors (Lipinski definition) is 2. The van der Waals surface area contributed by atoms with E-state index in [1.165, 1.54) is 44.5 Å². The number of fused-ring (bicyclic) bond motifs is 8. The van der Waals surface area contributed by atoms with Gasteiger partial charge in [-0.2, -0.15) is 0 Å². The minimum Gasteiger partial charge on any atom is -0.298 e. The van der Waals surface area contributed by atoms with Gasteiger partial charge in [-0.1, -0.05) is 12.1 Å². The Hall–Kier alpha value is -2.22. The van der Waals surface area contributed by atoms with Gasteiger partial charge in [0.25, 0.3) is 0 Å². The monoisotopic (exact) mass is 386 g/mol. The Kier molecular flexibility index (Phi) is 4.89. The molecule has 150 valence electrons. The molecule has 0 radical (unpaired) electrons. The second-order valence-corrected chi connectivity index (χ2v) is 9.18. The van der Waals surface area contributed by atoms with E-state index in [-0.39, 0.29) is 5.78 Å². The van der Waals surface area contributed by atoms with Crippen molar-refractivity contribution in [1.82, 2.24) is 0 Å². The number of Topliss-reactive ketones (excluding diaryl/α,β-unsaturated/α-hetero) is 1. The van der Waals surface area contributed by atoms with Crippen molar-refractivity contribution in [3.63, 3.8) is 0 Å². The molecule has 0 heterocycles. The minimum absolute atomic E-state index is 0.235. The molecule has 4 aliphatic carbocycles. The zero-order chi connectivity index (χ0) is 20.0. The minimum atomic E-state index is 0.235. The van der Waals surface area contributed by atoms with Crippen LogP contribution < -0.4 is 0 Å². The number of hydrogen-bond donors (Lipinski definition) is 0. The molecule has 0 atom stereocenters. The Balaban J connectivity index is 1.82. The molecule has 0 unspecified atom stereocenters. The molecule has 6 rings (SSSR count). The van der Waals surface area contributed by atoms with Crippen LogP contribution >= 0.6 is 0 Å². The summed E-state index contributed by atoms with van der Waals surface area (Å²) in [5.74, 6) is 0.235. The van der Waals surface area contributed by atoms with Gasteiger partial charge in [0.15, 0.2) is 12.1 Å². The Morgan fingerprint density at radius 3 is 1.79 bits per heavy atom. The van der Waals surface area contributed by atoms with E-state index >= 15 is 0 Å². The third-order valence-corrected chi connectivity index (χ3v) is 7.46. The van der Waals surface area contributed by atoms with E-state index in [4.69, 9.17) is 0 Å². The second-order valence-electron chi connectivity index (χ2n) is 9.18. The van der Waals surface area contributed by atoms with Crippen LogP contribution in [0.3, 0.4) is 0 Å². The highest BCUT2D eigenvalue weighted by Gasteiger charge is 2.25. The van der Waals surface area contributed by atoms with E-state index in [0.29, 0.717) is 0 Å². The van der Waals surface area contributed by atoms with E-state index in [0.717, 1.165) is 94.5 Å². The number of carbonyl (C=O) groups excluding carboxylic acids is 2. The van der Waals surface area contributed by atoms with Gasteiger partial charge in [-0.25, -0.2) is 0 Å². The van der Waals surface area contributed by atoms with Crippen molar-refractivity contribution < 1.29 is 9.59 Å². The SMILES string of the molecule is CC(=O)c1c2cc3c4c1CCCc1c(C=O)c(cc(c1CCC4)CCC3)CCC2. The van der Waals surface area contributed by atoms with Crippen molar-refractivity contribution in [2.45, 2.75) is 84.0 Å². The lowest BCUT2D eigenvalue weighted by atomic mass is 9.76. The molecule has 2 aromatic rings. The Morgan fingerprint density at radius 2 is 1.14 bits per heavy atom. The summed E-state index contributed by atoms with van der Waals surface area (Å²) < 4.78 is 0. The second kappa shape index (κ2) is 7.55. The number of benzene rings is 2. The van der Waals surface area contributed by atoms with Gasteiger partial charge in [-0.05, 0) is 128 Å². The maximum Gasteiger partial charge on any atom is 0.160 e. The van der Waals surface area contributed by atoms with Crippen LogP contribution in [0.15, 0.2) is 12.1 Å². The average Bonchev–Trinajstić information content (AvgIpc) is 2.70. The van der Waals surface area contributed by atoms with Crippen molar-refractivity contribution in [2.75, 3.05) is 0 Å². The Morgan fingerprint density at radius 1 is 0.655 bits per heavy atom. The summed E-state index contributed by atoms with van der Waals surface area (Å²) in [6, 6.07) is 4.75. The highest BCUT2D eigenvalue weighted by Crippen LogP contribution is 2.36. The normalized spacial score (nSPS) is 17.8. The summed E-state index contributed by atoms with van der Waals surface area (Å²) >= 11 is 0. The lowest BCUT2D eigenvalue weighted by Crippen LogP contribution is -2.18. The van der Waals surface area contributed by atoms with Crippen molar-refractivity contribution in [1.29, 1.82) is 0 Å². The standard InChI is InChI=1S/C27H30O2/c1-17(29)27-21-9-3-8-20-14-18-6-2-7-19(15-21)23-11-4-10-22(18)24(26(20)16-28)12-5-13-25(23)27/h14-16H,2-13H2,1H3. The van der Waals surface area contributed by atoms with E-state index < -0.39 is 0 Å². The summed E-state index contributed by atoms with van der Waals surface area (Å²) in [5.41, 5.74) is 13.2. The molecular weight excluding hydrogens is 356 g/mol. The van der Waals surface area contributed by atoms with Crippen LogP contribution in [0.1, 0.15) is 97.8 Å². The maximum absolute atomic E-state index is 12.8. The summed E-state index contributed by atoms with van der Waals surface area (Å²) in [4.78, 5) is 24.9. The molecule has 2 heteroatoms. The maximum atomic E-state index is 12.8. The van der Waals surface area contributed by atoms with Crippen LogP contribution in [0.25, 0.3) is 0 Å². The molecule has 0 amide bonds. The van der Waals surface area contributed by atoms with Crippen molar-refractivity contribution >= 4 is 12.1 Å². The molecule has 29 heavy (non-hydrogen) atoms. The highest BCUT2D eigenvalue weighted by molar-refractivity contribution is 5.97. The fraction of sp³-hybridized carbons (Fsp3) is 0.481. The molecule has 0 N–H and O–H groups in total. The van der Waals surface area contributed by atoms with E-state index in [1.54, 1.807) is 6.92 Å². The number of carbonyl (C=O) groups is 2. The predicted octanol–water partition coefficient (Wildman–Crippen LogP) is 5.34. The third kappa shape index (κ3) is 3.17. The number of aryl methyl sites for hydroxylation is 4.